The first kappa shape index (κ1) is 14.9. The third-order valence-corrected chi connectivity index (χ3v) is 4.49. The van der Waals surface area contributed by atoms with Gasteiger partial charge >= 0.3 is 6.09 Å². The van der Waals surface area contributed by atoms with Crippen LogP contribution in [0.2, 0.25) is 0 Å². The van der Waals surface area contributed by atoms with Gasteiger partial charge in [-0.15, -0.1) is 0 Å². The number of ether oxygens (including phenoxy) is 1. The van der Waals surface area contributed by atoms with Crippen LogP contribution in [0.25, 0.3) is 11.0 Å². The Hall–Kier alpha value is -2.04. The average Bonchev–Trinajstić information content (AvgIpc) is 2.97. The molecule has 0 N–H and O–H groups in total. The molecule has 1 saturated heterocycles. The van der Waals surface area contributed by atoms with E-state index in [0.29, 0.717) is 12.5 Å². The third kappa shape index (κ3) is 2.67. The van der Waals surface area contributed by atoms with Gasteiger partial charge in [0.2, 0.25) is 0 Å². The van der Waals surface area contributed by atoms with Crippen molar-refractivity contribution in [3.8, 4) is 0 Å². The maximum atomic E-state index is 11.8. The Morgan fingerprint density at radius 2 is 2.23 bits per heavy atom. The fraction of sp³-hybridized carbons (Fsp3) is 0.529. The Balaban J connectivity index is 1.92. The number of rotatable bonds is 2. The summed E-state index contributed by atoms with van der Waals surface area (Å²) in [5.74, 6) is 0.491. The molecule has 118 valence electrons. The van der Waals surface area contributed by atoms with Gasteiger partial charge in [0, 0.05) is 13.1 Å². The van der Waals surface area contributed by atoms with Crippen molar-refractivity contribution in [2.45, 2.75) is 38.6 Å². The smallest absolute Gasteiger partial charge is 0.409 e. The van der Waals surface area contributed by atoms with Crippen LogP contribution in [0.1, 0.15) is 44.2 Å². The lowest BCUT2D eigenvalue weighted by atomic mass is 10.0. The molecule has 1 aliphatic heterocycles. The van der Waals surface area contributed by atoms with Crippen LogP contribution in [0.15, 0.2) is 24.5 Å². The molecule has 22 heavy (non-hydrogen) atoms. The summed E-state index contributed by atoms with van der Waals surface area (Å²) in [4.78, 5) is 18.1. The highest BCUT2D eigenvalue weighted by molar-refractivity contribution is 5.76. The molecule has 1 aliphatic rings. The van der Waals surface area contributed by atoms with Gasteiger partial charge in [-0.3, -0.25) is 0 Å². The number of methoxy groups -OCH3 is 1. The predicted octanol–water partition coefficient (Wildman–Crippen LogP) is 3.56. The van der Waals surface area contributed by atoms with Gasteiger partial charge in [-0.1, -0.05) is 19.9 Å². The summed E-state index contributed by atoms with van der Waals surface area (Å²) < 4.78 is 7.07. The van der Waals surface area contributed by atoms with E-state index in [9.17, 15) is 4.79 Å². The van der Waals surface area contributed by atoms with Gasteiger partial charge in [0.15, 0.2) is 0 Å². The van der Waals surface area contributed by atoms with Crippen molar-refractivity contribution in [1.82, 2.24) is 14.5 Å². The average molecular weight is 301 g/mol. The lowest BCUT2D eigenvalue weighted by Crippen LogP contribution is -2.40. The second kappa shape index (κ2) is 5.99. The summed E-state index contributed by atoms with van der Waals surface area (Å²) >= 11 is 0. The predicted molar refractivity (Wildman–Crippen MR) is 86.1 cm³/mol. The summed E-state index contributed by atoms with van der Waals surface area (Å²) in [7, 11) is 1.44. The molecule has 3 rings (SSSR count). The minimum absolute atomic E-state index is 0.239. The highest BCUT2D eigenvalue weighted by atomic mass is 16.5. The van der Waals surface area contributed by atoms with Crippen LogP contribution in [-0.4, -0.2) is 40.7 Å². The highest BCUT2D eigenvalue weighted by Crippen LogP contribution is 2.28. The van der Waals surface area contributed by atoms with Crippen LogP contribution in [0.5, 0.6) is 0 Å². The zero-order chi connectivity index (χ0) is 15.7. The number of hydrogen-bond donors (Lipinski definition) is 0. The quantitative estimate of drug-likeness (QED) is 0.852. The molecule has 1 aromatic heterocycles. The fourth-order valence-electron chi connectivity index (χ4n) is 3.17. The van der Waals surface area contributed by atoms with E-state index in [1.165, 1.54) is 12.7 Å². The molecule has 1 amide bonds. The monoisotopic (exact) mass is 301 g/mol. The van der Waals surface area contributed by atoms with E-state index in [4.69, 9.17) is 4.74 Å². The third-order valence-electron chi connectivity index (χ3n) is 4.49. The minimum atomic E-state index is -0.239. The van der Waals surface area contributed by atoms with Crippen molar-refractivity contribution < 1.29 is 9.53 Å². The molecule has 1 aromatic carbocycles. The van der Waals surface area contributed by atoms with E-state index < -0.39 is 0 Å². The number of carbonyl (C=O) groups excluding carboxylic acids is 1. The first-order valence-corrected chi connectivity index (χ1v) is 7.89. The van der Waals surface area contributed by atoms with E-state index in [1.54, 1.807) is 4.90 Å². The van der Waals surface area contributed by atoms with Crippen molar-refractivity contribution in [2.24, 2.45) is 0 Å². The number of aromatic nitrogens is 2. The Kier molecular flexibility index (Phi) is 4.05. The number of likely N-dealkylation sites (tertiary alicyclic amines) is 1. The summed E-state index contributed by atoms with van der Waals surface area (Å²) in [6, 6.07) is 6.72. The van der Waals surface area contributed by atoms with Crippen LogP contribution >= 0.6 is 0 Å². The zero-order valence-electron chi connectivity index (χ0n) is 13.5. The molecule has 0 bridgehead atoms. The highest BCUT2D eigenvalue weighted by Gasteiger charge is 2.26. The van der Waals surface area contributed by atoms with Gasteiger partial charge in [0.1, 0.15) is 0 Å². The number of fused-ring (bicyclic) bond motifs is 1. The molecule has 2 heterocycles. The molecular weight excluding hydrogens is 278 g/mol. The van der Waals surface area contributed by atoms with Crippen LogP contribution in [0.4, 0.5) is 4.79 Å². The lowest BCUT2D eigenvalue weighted by Gasteiger charge is -2.32. The standard InChI is InChI=1S/C17H23N3O2/c1-12(2)13-6-7-15-16(9-13)20(11-18-15)14-5-4-8-19(10-14)17(21)22-3/h6-7,9,11-12,14H,4-5,8,10H2,1-3H3. The van der Waals surface area contributed by atoms with E-state index in [-0.39, 0.29) is 12.1 Å². The molecule has 5 nitrogen and oxygen atoms in total. The molecule has 2 aromatic rings. The van der Waals surface area contributed by atoms with E-state index in [2.05, 4.69) is 41.6 Å². The molecular formula is C17H23N3O2. The zero-order valence-corrected chi connectivity index (χ0v) is 13.5. The molecule has 1 atom stereocenters. The largest absolute Gasteiger partial charge is 0.453 e. The molecule has 1 fully saturated rings. The topological polar surface area (TPSA) is 47.4 Å². The first-order valence-electron chi connectivity index (χ1n) is 7.89. The van der Waals surface area contributed by atoms with Crippen molar-refractivity contribution in [1.29, 1.82) is 0 Å². The SMILES string of the molecule is COC(=O)N1CCCC(n2cnc3ccc(C(C)C)cc32)C1. The molecule has 0 aliphatic carbocycles. The molecule has 0 spiro atoms. The van der Waals surface area contributed by atoms with Gasteiger partial charge in [-0.05, 0) is 36.5 Å². The second-order valence-electron chi connectivity index (χ2n) is 6.27. The molecule has 1 unspecified atom stereocenters. The number of carbonyl (C=O) groups is 1. The van der Waals surface area contributed by atoms with Gasteiger partial charge < -0.3 is 14.2 Å². The second-order valence-corrected chi connectivity index (χ2v) is 6.27. The van der Waals surface area contributed by atoms with Crippen molar-refractivity contribution in [3.05, 3.63) is 30.1 Å². The van der Waals surface area contributed by atoms with Crippen LogP contribution in [0, 0.1) is 0 Å². The number of benzene rings is 1. The van der Waals surface area contributed by atoms with Crippen LogP contribution in [0.3, 0.4) is 0 Å². The van der Waals surface area contributed by atoms with Gasteiger partial charge in [-0.2, -0.15) is 0 Å². The Bertz CT molecular complexity index is 678. The molecule has 5 heteroatoms. The summed E-state index contributed by atoms with van der Waals surface area (Å²) in [5, 5.41) is 0. The lowest BCUT2D eigenvalue weighted by molar-refractivity contribution is 0.104. The maximum Gasteiger partial charge on any atom is 0.409 e. The Morgan fingerprint density at radius 1 is 1.41 bits per heavy atom. The summed E-state index contributed by atoms with van der Waals surface area (Å²) in [6.07, 6.45) is 3.71. The number of nitrogens with zero attached hydrogens (tertiary/aromatic N) is 3. The van der Waals surface area contributed by atoms with E-state index in [1.807, 2.05) is 6.33 Å². The van der Waals surface area contributed by atoms with E-state index >= 15 is 0 Å². The van der Waals surface area contributed by atoms with Crippen molar-refractivity contribution in [3.63, 3.8) is 0 Å². The minimum Gasteiger partial charge on any atom is -0.453 e. The van der Waals surface area contributed by atoms with Gasteiger partial charge in [-0.25, -0.2) is 9.78 Å². The van der Waals surface area contributed by atoms with Crippen LogP contribution < -0.4 is 0 Å². The number of hydrogen-bond acceptors (Lipinski definition) is 3. The molecule has 0 radical (unpaired) electrons. The van der Waals surface area contributed by atoms with Gasteiger partial charge in [0.25, 0.3) is 0 Å². The van der Waals surface area contributed by atoms with E-state index in [0.717, 1.165) is 30.4 Å². The fourth-order valence-corrected chi connectivity index (χ4v) is 3.17. The van der Waals surface area contributed by atoms with Crippen molar-refractivity contribution in [2.75, 3.05) is 20.2 Å². The Labute approximate surface area is 130 Å². The normalized spacial score (nSPS) is 18.9. The number of amides is 1. The summed E-state index contributed by atoms with van der Waals surface area (Å²) in [5.41, 5.74) is 3.48. The van der Waals surface area contributed by atoms with Gasteiger partial charge in [0.05, 0.1) is 30.5 Å². The van der Waals surface area contributed by atoms with Crippen molar-refractivity contribution >= 4 is 17.1 Å². The summed E-state index contributed by atoms with van der Waals surface area (Å²) in [6.45, 7) is 5.85. The maximum absolute atomic E-state index is 11.8. The Morgan fingerprint density at radius 3 is 2.95 bits per heavy atom. The number of imidazole rings is 1. The first-order chi connectivity index (χ1) is 10.6. The van der Waals surface area contributed by atoms with Crippen LogP contribution in [-0.2, 0) is 4.74 Å². The molecule has 0 saturated carbocycles. The number of piperidine rings is 1.